The van der Waals surface area contributed by atoms with Crippen molar-refractivity contribution in [2.75, 3.05) is 6.54 Å². The number of sulfonamides is 1. The van der Waals surface area contributed by atoms with E-state index in [1.165, 1.54) is 6.20 Å². The Bertz CT molecular complexity index is 467. The van der Waals surface area contributed by atoms with Crippen LogP contribution in [0, 0.1) is 6.92 Å². The lowest BCUT2D eigenvalue weighted by Crippen LogP contribution is -2.33. The molecule has 0 aliphatic carbocycles. The SMILES string of the molecule is Cc1ccc(S(=O)(=O)N2CCC[C@H]2C)cn1. The monoisotopic (exact) mass is 240 g/mol. The molecule has 0 spiro atoms. The molecule has 1 saturated heterocycles. The maximum atomic E-state index is 12.2. The number of pyridine rings is 1. The van der Waals surface area contributed by atoms with Crippen molar-refractivity contribution in [1.29, 1.82) is 0 Å². The molecule has 4 nitrogen and oxygen atoms in total. The molecule has 0 amide bonds. The first-order chi connectivity index (χ1) is 7.51. The quantitative estimate of drug-likeness (QED) is 0.788. The number of hydrogen-bond acceptors (Lipinski definition) is 3. The Kier molecular flexibility index (Phi) is 2.99. The average molecular weight is 240 g/mol. The van der Waals surface area contributed by atoms with Crippen LogP contribution in [0.1, 0.15) is 25.5 Å². The van der Waals surface area contributed by atoms with Crippen LogP contribution in [0.25, 0.3) is 0 Å². The molecular weight excluding hydrogens is 224 g/mol. The second kappa shape index (κ2) is 4.14. The predicted octanol–water partition coefficient (Wildman–Crippen LogP) is 1.56. The minimum absolute atomic E-state index is 0.103. The Balaban J connectivity index is 2.35. The lowest BCUT2D eigenvalue weighted by atomic mass is 10.3. The summed E-state index contributed by atoms with van der Waals surface area (Å²) in [5, 5.41) is 0. The Morgan fingerprint density at radius 1 is 1.44 bits per heavy atom. The van der Waals surface area contributed by atoms with Gasteiger partial charge in [0.15, 0.2) is 0 Å². The van der Waals surface area contributed by atoms with Gasteiger partial charge in [-0.3, -0.25) is 4.98 Å². The van der Waals surface area contributed by atoms with E-state index in [0.29, 0.717) is 11.4 Å². The fourth-order valence-electron chi connectivity index (χ4n) is 2.01. The van der Waals surface area contributed by atoms with Crippen LogP contribution < -0.4 is 0 Å². The van der Waals surface area contributed by atoms with Crippen molar-refractivity contribution in [3.8, 4) is 0 Å². The van der Waals surface area contributed by atoms with Gasteiger partial charge in [-0.05, 0) is 38.8 Å². The molecule has 0 N–H and O–H groups in total. The smallest absolute Gasteiger partial charge is 0.244 e. The van der Waals surface area contributed by atoms with Gasteiger partial charge in [-0.1, -0.05) is 0 Å². The highest BCUT2D eigenvalue weighted by molar-refractivity contribution is 7.89. The van der Waals surface area contributed by atoms with Crippen molar-refractivity contribution in [2.45, 2.75) is 37.6 Å². The van der Waals surface area contributed by atoms with Crippen molar-refractivity contribution < 1.29 is 8.42 Å². The standard InChI is InChI=1S/C11H16N2O2S/c1-9-5-6-11(8-12-9)16(14,15)13-7-3-4-10(13)2/h5-6,8,10H,3-4,7H2,1-2H3/t10-/m1/s1. The van der Waals surface area contributed by atoms with E-state index in [1.807, 2.05) is 13.8 Å². The first-order valence-corrected chi connectivity index (χ1v) is 6.90. The van der Waals surface area contributed by atoms with Crippen molar-refractivity contribution in [3.63, 3.8) is 0 Å². The van der Waals surface area contributed by atoms with E-state index in [2.05, 4.69) is 4.98 Å². The normalized spacial score (nSPS) is 22.5. The summed E-state index contributed by atoms with van der Waals surface area (Å²) < 4.78 is 26.1. The molecule has 0 unspecified atom stereocenters. The molecular formula is C11H16N2O2S. The van der Waals surface area contributed by atoms with Gasteiger partial charge in [0.25, 0.3) is 0 Å². The number of aryl methyl sites for hydroxylation is 1. The van der Waals surface area contributed by atoms with Crippen LogP contribution >= 0.6 is 0 Å². The summed E-state index contributed by atoms with van der Waals surface area (Å²) in [4.78, 5) is 4.33. The van der Waals surface area contributed by atoms with Gasteiger partial charge in [-0.25, -0.2) is 8.42 Å². The molecule has 1 atom stereocenters. The van der Waals surface area contributed by atoms with Crippen molar-refractivity contribution in [1.82, 2.24) is 9.29 Å². The van der Waals surface area contributed by atoms with Gasteiger partial charge < -0.3 is 0 Å². The minimum atomic E-state index is -3.33. The largest absolute Gasteiger partial charge is 0.260 e. The van der Waals surface area contributed by atoms with Gasteiger partial charge in [0.05, 0.1) is 0 Å². The van der Waals surface area contributed by atoms with Crippen molar-refractivity contribution in [2.24, 2.45) is 0 Å². The van der Waals surface area contributed by atoms with Gasteiger partial charge in [-0.15, -0.1) is 0 Å². The fraction of sp³-hybridized carbons (Fsp3) is 0.545. The van der Waals surface area contributed by atoms with E-state index in [9.17, 15) is 8.42 Å². The first-order valence-electron chi connectivity index (χ1n) is 5.46. The molecule has 0 radical (unpaired) electrons. The van der Waals surface area contributed by atoms with E-state index in [0.717, 1.165) is 18.5 Å². The average Bonchev–Trinajstić information content (AvgIpc) is 2.66. The molecule has 16 heavy (non-hydrogen) atoms. The summed E-state index contributed by atoms with van der Waals surface area (Å²) in [6.07, 6.45) is 3.33. The number of aromatic nitrogens is 1. The zero-order valence-corrected chi connectivity index (χ0v) is 10.4. The number of rotatable bonds is 2. The lowest BCUT2D eigenvalue weighted by molar-refractivity contribution is 0.408. The van der Waals surface area contributed by atoms with Crippen LogP contribution in [0.2, 0.25) is 0 Å². The van der Waals surface area contributed by atoms with Crippen molar-refractivity contribution in [3.05, 3.63) is 24.0 Å². The topological polar surface area (TPSA) is 50.3 Å². The molecule has 0 aromatic carbocycles. The Labute approximate surface area is 96.4 Å². The lowest BCUT2D eigenvalue weighted by Gasteiger charge is -2.20. The third-order valence-corrected chi connectivity index (χ3v) is 4.98. The van der Waals surface area contributed by atoms with E-state index < -0.39 is 10.0 Å². The minimum Gasteiger partial charge on any atom is -0.260 e. The summed E-state index contributed by atoms with van der Waals surface area (Å²) in [5.41, 5.74) is 0.827. The van der Waals surface area contributed by atoms with Gasteiger partial charge >= 0.3 is 0 Å². The number of nitrogens with zero attached hydrogens (tertiary/aromatic N) is 2. The third-order valence-electron chi connectivity index (χ3n) is 2.98. The summed E-state index contributed by atoms with van der Waals surface area (Å²) in [5.74, 6) is 0. The van der Waals surface area contributed by atoms with Crippen LogP contribution in [0.5, 0.6) is 0 Å². The zero-order chi connectivity index (χ0) is 11.8. The second-order valence-electron chi connectivity index (χ2n) is 4.24. The summed E-state index contributed by atoms with van der Waals surface area (Å²) in [6.45, 7) is 4.42. The highest BCUT2D eigenvalue weighted by Crippen LogP contribution is 2.25. The van der Waals surface area contributed by atoms with Gasteiger partial charge in [0.1, 0.15) is 4.90 Å². The molecule has 1 aliphatic heterocycles. The Morgan fingerprint density at radius 3 is 2.69 bits per heavy atom. The zero-order valence-electron chi connectivity index (χ0n) is 9.55. The third kappa shape index (κ3) is 1.97. The first kappa shape index (κ1) is 11.5. The molecule has 2 heterocycles. The van der Waals surface area contributed by atoms with E-state index in [1.54, 1.807) is 16.4 Å². The molecule has 88 valence electrons. The highest BCUT2D eigenvalue weighted by Gasteiger charge is 2.32. The summed E-state index contributed by atoms with van der Waals surface area (Å²) in [7, 11) is -3.33. The number of hydrogen-bond donors (Lipinski definition) is 0. The van der Waals surface area contributed by atoms with Crippen LogP contribution in [0.4, 0.5) is 0 Å². The molecule has 5 heteroatoms. The van der Waals surface area contributed by atoms with Crippen LogP contribution in [0.15, 0.2) is 23.2 Å². The fourth-order valence-corrected chi connectivity index (χ4v) is 3.65. The van der Waals surface area contributed by atoms with Crippen LogP contribution in [-0.2, 0) is 10.0 Å². The van der Waals surface area contributed by atoms with Gasteiger partial charge in [-0.2, -0.15) is 4.31 Å². The second-order valence-corrected chi connectivity index (χ2v) is 6.13. The molecule has 2 rings (SSSR count). The molecule has 0 saturated carbocycles. The maximum absolute atomic E-state index is 12.2. The Morgan fingerprint density at radius 2 is 2.19 bits per heavy atom. The molecule has 1 aromatic heterocycles. The molecule has 0 bridgehead atoms. The predicted molar refractivity (Wildman–Crippen MR) is 61.6 cm³/mol. The molecule has 1 aromatic rings. The molecule has 1 aliphatic rings. The summed E-state index contributed by atoms with van der Waals surface area (Å²) in [6, 6.07) is 3.46. The maximum Gasteiger partial charge on any atom is 0.244 e. The van der Waals surface area contributed by atoms with Crippen molar-refractivity contribution >= 4 is 10.0 Å². The molecule has 1 fully saturated rings. The van der Waals surface area contributed by atoms with E-state index in [4.69, 9.17) is 0 Å². The van der Waals surface area contributed by atoms with Gasteiger partial charge in [0, 0.05) is 24.5 Å². The van der Waals surface area contributed by atoms with E-state index >= 15 is 0 Å². The highest BCUT2D eigenvalue weighted by atomic mass is 32.2. The van der Waals surface area contributed by atoms with Gasteiger partial charge in [0.2, 0.25) is 10.0 Å². The van der Waals surface area contributed by atoms with E-state index in [-0.39, 0.29) is 6.04 Å². The van der Waals surface area contributed by atoms with Crippen LogP contribution in [0.3, 0.4) is 0 Å². The van der Waals surface area contributed by atoms with Crippen LogP contribution in [-0.4, -0.2) is 30.3 Å². The summed E-state index contributed by atoms with van der Waals surface area (Å²) >= 11 is 0. The Hall–Kier alpha value is -0.940.